The maximum absolute atomic E-state index is 13.8. The Morgan fingerprint density at radius 2 is 1.56 bits per heavy atom. The zero-order chi connectivity index (χ0) is 33.5. The van der Waals surface area contributed by atoms with Crippen molar-refractivity contribution in [1.82, 2.24) is 16.0 Å². The van der Waals surface area contributed by atoms with E-state index in [1.807, 2.05) is 70.2 Å². The first-order valence-electron chi connectivity index (χ1n) is 15.8. The van der Waals surface area contributed by atoms with E-state index in [-0.39, 0.29) is 30.5 Å². The lowest BCUT2D eigenvalue weighted by atomic mass is 9.87. The van der Waals surface area contributed by atoms with Crippen molar-refractivity contribution in [3.8, 4) is 0 Å². The second-order valence-corrected chi connectivity index (χ2v) is 12.2. The van der Waals surface area contributed by atoms with E-state index in [0.717, 1.165) is 16.3 Å². The van der Waals surface area contributed by atoms with Crippen LogP contribution in [0.15, 0.2) is 42.5 Å². The number of Topliss-reactive ketones (excluding diaryl/α,β-unsaturated/α-hetero) is 1. The van der Waals surface area contributed by atoms with Crippen LogP contribution in [0.3, 0.4) is 0 Å². The van der Waals surface area contributed by atoms with Crippen LogP contribution in [0.5, 0.6) is 0 Å². The van der Waals surface area contributed by atoms with Crippen LogP contribution in [-0.2, 0) is 30.3 Å². The van der Waals surface area contributed by atoms with Crippen LogP contribution in [0, 0.1) is 17.8 Å². The Balaban J connectivity index is 2.28. The Bertz CT molecular complexity index is 1300. The number of amides is 4. The van der Waals surface area contributed by atoms with Crippen molar-refractivity contribution >= 4 is 40.4 Å². The fourth-order valence-corrected chi connectivity index (χ4v) is 5.28. The van der Waals surface area contributed by atoms with E-state index in [9.17, 15) is 24.0 Å². The molecule has 0 aliphatic carbocycles. The summed E-state index contributed by atoms with van der Waals surface area (Å²) in [4.78, 5) is 65.1. The van der Waals surface area contributed by atoms with Gasteiger partial charge in [0.15, 0.2) is 5.78 Å². The first-order valence-corrected chi connectivity index (χ1v) is 15.8. The number of carbonyl (C=O) groups excluding carboxylic acids is 5. The van der Waals surface area contributed by atoms with Gasteiger partial charge in [0.25, 0.3) is 0 Å². The second kappa shape index (κ2) is 18.7. The molecule has 11 heteroatoms. The molecule has 0 saturated heterocycles. The molecule has 0 aliphatic rings. The molecule has 0 saturated carbocycles. The van der Waals surface area contributed by atoms with Gasteiger partial charge in [-0.25, -0.2) is 4.79 Å². The molecule has 0 spiro atoms. The van der Waals surface area contributed by atoms with E-state index in [2.05, 4.69) is 16.0 Å². The van der Waals surface area contributed by atoms with Gasteiger partial charge in [0.05, 0.1) is 13.2 Å². The molecule has 0 bridgehead atoms. The summed E-state index contributed by atoms with van der Waals surface area (Å²) in [5, 5.41) is 10.2. The minimum absolute atomic E-state index is 0.117. The number of rotatable bonds is 19. The molecule has 2 aromatic carbocycles. The van der Waals surface area contributed by atoms with Gasteiger partial charge >= 0.3 is 6.09 Å². The van der Waals surface area contributed by atoms with Gasteiger partial charge in [0, 0.05) is 18.8 Å². The highest BCUT2D eigenvalue weighted by molar-refractivity contribution is 5.95. The van der Waals surface area contributed by atoms with Crippen LogP contribution in [0.2, 0.25) is 0 Å². The quantitative estimate of drug-likeness (QED) is 0.148. The van der Waals surface area contributed by atoms with E-state index < -0.39 is 47.9 Å². The average molecular weight is 626 g/mol. The number of nitrogens with two attached hydrogens (primary N) is 2. The lowest BCUT2D eigenvalue weighted by Crippen LogP contribution is -2.54. The van der Waals surface area contributed by atoms with Crippen molar-refractivity contribution in [1.29, 1.82) is 0 Å². The Morgan fingerprint density at radius 1 is 0.867 bits per heavy atom. The number of ether oxygens (including phenoxy) is 1. The fourth-order valence-electron chi connectivity index (χ4n) is 5.28. The minimum Gasteiger partial charge on any atom is -0.453 e. The summed E-state index contributed by atoms with van der Waals surface area (Å²) in [5.41, 5.74) is 12.0. The summed E-state index contributed by atoms with van der Waals surface area (Å²) in [6.45, 7) is 8.05. The molecule has 45 heavy (non-hydrogen) atoms. The third kappa shape index (κ3) is 12.1. The summed E-state index contributed by atoms with van der Waals surface area (Å²) >= 11 is 0. The Labute approximate surface area is 266 Å². The maximum Gasteiger partial charge on any atom is 0.407 e. The molecule has 0 unspecified atom stereocenters. The molecular formula is C34H51N5O6. The molecule has 5 atom stereocenters. The number of primary amides is 1. The first kappa shape index (κ1) is 37.2. The monoisotopic (exact) mass is 625 g/mol. The number of benzene rings is 2. The standard InChI is InChI=1S/C34H51N5O6/c1-6-22(4)30(29(40)20-26(13-9-10-16-35)32(42)37-27(31(36)41)17-21(2)3)39-33(43)28(38-34(44)45-5)19-23-14-15-24-11-7-8-12-25(24)18-23/h7-8,11-12,14-15,18,21-22,26-28,30H,6,9-10,13,16-17,19-20,35H2,1-5H3,(H2,36,41)(H,37,42)(H,38,44)(H,39,43)/t22-,26+,27-,28-,30-/m0/s1. The lowest BCUT2D eigenvalue weighted by molar-refractivity contribution is -0.134. The predicted octanol–water partition coefficient (Wildman–Crippen LogP) is 3.36. The molecule has 2 aromatic rings. The molecule has 0 radical (unpaired) electrons. The molecule has 11 nitrogen and oxygen atoms in total. The molecule has 0 heterocycles. The Kier molecular flexibility index (Phi) is 15.5. The molecule has 4 amide bonds. The van der Waals surface area contributed by atoms with Crippen molar-refractivity contribution in [2.45, 2.75) is 90.8 Å². The summed E-state index contributed by atoms with van der Waals surface area (Å²) < 4.78 is 4.77. The number of alkyl carbamates (subject to hydrolysis) is 1. The summed E-state index contributed by atoms with van der Waals surface area (Å²) in [6.07, 6.45) is 1.89. The Hall–Kier alpha value is -3.99. The molecule has 248 valence electrons. The average Bonchev–Trinajstić information content (AvgIpc) is 3.01. The van der Waals surface area contributed by atoms with E-state index in [1.165, 1.54) is 7.11 Å². The number of hydrogen-bond donors (Lipinski definition) is 5. The van der Waals surface area contributed by atoms with Gasteiger partial charge in [0.1, 0.15) is 12.1 Å². The van der Waals surface area contributed by atoms with Gasteiger partial charge in [-0.3, -0.25) is 19.2 Å². The number of methoxy groups -OCH3 is 1. The van der Waals surface area contributed by atoms with E-state index in [0.29, 0.717) is 38.6 Å². The van der Waals surface area contributed by atoms with Crippen molar-refractivity contribution in [2.75, 3.05) is 13.7 Å². The van der Waals surface area contributed by atoms with E-state index in [4.69, 9.17) is 16.2 Å². The molecule has 7 N–H and O–H groups in total. The van der Waals surface area contributed by atoms with Gasteiger partial charge in [-0.2, -0.15) is 0 Å². The number of unbranched alkanes of at least 4 members (excludes halogenated alkanes) is 1. The summed E-state index contributed by atoms with van der Waals surface area (Å²) in [5.74, 6) is -2.79. The number of hydrogen-bond acceptors (Lipinski definition) is 7. The summed E-state index contributed by atoms with van der Waals surface area (Å²) in [7, 11) is 1.21. The number of nitrogens with one attached hydrogen (secondary N) is 3. The van der Waals surface area contributed by atoms with Crippen LogP contribution >= 0.6 is 0 Å². The van der Waals surface area contributed by atoms with Crippen LogP contribution in [0.25, 0.3) is 10.8 Å². The SMILES string of the molecule is CC[C@H](C)[C@H](NC(=O)[C@H](Cc1ccc2ccccc2c1)NC(=O)OC)C(=O)C[C@@H](CCCCN)C(=O)N[C@@H](CC(C)C)C(N)=O. The smallest absolute Gasteiger partial charge is 0.407 e. The highest BCUT2D eigenvalue weighted by Crippen LogP contribution is 2.21. The number of carbonyl (C=O) groups is 5. The number of ketones is 1. The van der Waals surface area contributed by atoms with Gasteiger partial charge in [-0.05, 0) is 54.0 Å². The van der Waals surface area contributed by atoms with E-state index in [1.54, 1.807) is 0 Å². The number of fused-ring (bicyclic) bond motifs is 1. The van der Waals surface area contributed by atoms with Crippen molar-refractivity contribution in [2.24, 2.45) is 29.2 Å². The molecule has 0 aliphatic heterocycles. The van der Waals surface area contributed by atoms with Gasteiger partial charge in [0.2, 0.25) is 17.7 Å². The zero-order valence-corrected chi connectivity index (χ0v) is 27.3. The largest absolute Gasteiger partial charge is 0.453 e. The third-order valence-corrected chi connectivity index (χ3v) is 8.10. The molecule has 0 fully saturated rings. The Morgan fingerprint density at radius 3 is 2.16 bits per heavy atom. The van der Waals surface area contributed by atoms with Crippen molar-refractivity contribution in [3.05, 3.63) is 48.0 Å². The van der Waals surface area contributed by atoms with E-state index >= 15 is 0 Å². The van der Waals surface area contributed by atoms with Gasteiger partial charge in [-0.1, -0.05) is 83.0 Å². The van der Waals surface area contributed by atoms with Crippen molar-refractivity contribution in [3.63, 3.8) is 0 Å². The van der Waals surface area contributed by atoms with Crippen molar-refractivity contribution < 1.29 is 28.7 Å². The second-order valence-electron chi connectivity index (χ2n) is 12.2. The highest BCUT2D eigenvalue weighted by Gasteiger charge is 2.33. The maximum atomic E-state index is 13.8. The van der Waals surface area contributed by atoms with Crippen LogP contribution in [0.1, 0.15) is 71.8 Å². The van der Waals surface area contributed by atoms with Crippen LogP contribution in [0.4, 0.5) is 4.79 Å². The summed E-state index contributed by atoms with van der Waals surface area (Å²) in [6, 6.07) is 10.8. The molecule has 0 aromatic heterocycles. The highest BCUT2D eigenvalue weighted by atomic mass is 16.5. The zero-order valence-electron chi connectivity index (χ0n) is 27.3. The normalized spacial score (nSPS) is 14.6. The lowest BCUT2D eigenvalue weighted by Gasteiger charge is -2.28. The molecule has 2 rings (SSSR count). The first-order chi connectivity index (χ1) is 21.4. The topological polar surface area (TPSA) is 183 Å². The fraction of sp³-hybridized carbons (Fsp3) is 0.559. The van der Waals surface area contributed by atoms with Crippen LogP contribution in [-0.4, -0.2) is 61.4 Å². The van der Waals surface area contributed by atoms with Crippen LogP contribution < -0.4 is 27.4 Å². The minimum atomic E-state index is -1.02. The van der Waals surface area contributed by atoms with Gasteiger partial charge < -0.3 is 32.2 Å². The van der Waals surface area contributed by atoms with Gasteiger partial charge in [-0.15, -0.1) is 0 Å². The molecular weight excluding hydrogens is 574 g/mol. The third-order valence-electron chi connectivity index (χ3n) is 8.10. The predicted molar refractivity (Wildman–Crippen MR) is 175 cm³/mol.